The molecule has 2 aromatic heterocycles. The van der Waals surface area contributed by atoms with Gasteiger partial charge in [0.1, 0.15) is 11.6 Å². The monoisotopic (exact) mass is 497 g/mol. The minimum absolute atomic E-state index is 0.00464. The van der Waals surface area contributed by atoms with Crippen molar-refractivity contribution in [2.45, 2.75) is 19.8 Å². The maximum absolute atomic E-state index is 13.5. The Hall–Kier alpha value is -3.04. The van der Waals surface area contributed by atoms with E-state index in [1.807, 2.05) is 23.2 Å². The van der Waals surface area contributed by atoms with Crippen LogP contribution in [0.4, 0.5) is 10.2 Å². The maximum atomic E-state index is 13.5. The maximum Gasteiger partial charge on any atom is 0.276 e. The first kappa shape index (κ1) is 23.7. The number of rotatable bonds is 5. The molecule has 0 spiro atoms. The smallest absolute Gasteiger partial charge is 0.276 e. The predicted octanol–water partition coefficient (Wildman–Crippen LogP) is 3.44. The van der Waals surface area contributed by atoms with Crippen LogP contribution in [0, 0.1) is 18.7 Å². The number of amides is 1. The zero-order valence-electron chi connectivity index (χ0n) is 19.8. The third-order valence-corrected chi connectivity index (χ3v) is 7.20. The molecule has 1 unspecified atom stereocenters. The van der Waals surface area contributed by atoms with Crippen molar-refractivity contribution in [3.63, 3.8) is 0 Å². The summed E-state index contributed by atoms with van der Waals surface area (Å²) in [6.45, 7) is 8.13. The molecule has 10 heteroatoms. The molecule has 2 aliphatic heterocycles. The number of pyridine rings is 1. The molecule has 0 N–H and O–H groups in total. The number of hydrogen-bond acceptors (Lipinski definition) is 6. The van der Waals surface area contributed by atoms with Gasteiger partial charge in [0, 0.05) is 52.0 Å². The van der Waals surface area contributed by atoms with E-state index in [0.717, 1.165) is 57.9 Å². The Bertz CT molecular complexity index is 1180. The van der Waals surface area contributed by atoms with Gasteiger partial charge < -0.3 is 9.80 Å². The van der Waals surface area contributed by atoms with Crippen LogP contribution >= 0.6 is 11.6 Å². The van der Waals surface area contributed by atoms with Gasteiger partial charge in [0.05, 0.1) is 16.4 Å². The average Bonchev–Trinajstić information content (AvgIpc) is 3.27. The molecular formula is C25H29ClFN7O. The number of nitrogens with zero attached hydrogens (tertiary/aromatic N) is 7. The van der Waals surface area contributed by atoms with E-state index in [1.165, 1.54) is 16.8 Å². The van der Waals surface area contributed by atoms with E-state index in [0.29, 0.717) is 29.5 Å². The lowest BCUT2D eigenvalue weighted by molar-refractivity contribution is 0.0630. The molecular weight excluding hydrogens is 469 g/mol. The fourth-order valence-electron chi connectivity index (χ4n) is 5.00. The van der Waals surface area contributed by atoms with Gasteiger partial charge in [-0.3, -0.25) is 9.69 Å². The number of anilines is 1. The lowest BCUT2D eigenvalue weighted by Gasteiger charge is -2.39. The van der Waals surface area contributed by atoms with Crippen molar-refractivity contribution in [1.29, 1.82) is 0 Å². The summed E-state index contributed by atoms with van der Waals surface area (Å²) in [6.07, 6.45) is 3.93. The Balaban J connectivity index is 1.19. The summed E-state index contributed by atoms with van der Waals surface area (Å²) in [5.74, 6) is 0.863. The second-order valence-corrected chi connectivity index (χ2v) is 9.68. The first-order valence-corrected chi connectivity index (χ1v) is 12.4. The minimum atomic E-state index is -0.498. The van der Waals surface area contributed by atoms with Crippen LogP contribution < -0.4 is 4.90 Å². The molecule has 1 amide bonds. The SMILES string of the molecule is Cc1c(C(=O)N2CCCC(CN3CCN(c4ccccn4)CC3)C2)nnn1-c1ccc(F)c(Cl)c1. The molecule has 0 bridgehead atoms. The van der Waals surface area contributed by atoms with Crippen LogP contribution in [0.25, 0.3) is 5.69 Å². The van der Waals surface area contributed by atoms with Crippen LogP contribution in [0.3, 0.4) is 0 Å². The molecule has 1 aromatic carbocycles. The molecule has 2 aliphatic rings. The van der Waals surface area contributed by atoms with Crippen molar-refractivity contribution in [3.05, 3.63) is 64.8 Å². The second kappa shape index (κ2) is 10.3. The molecule has 0 saturated carbocycles. The Kier molecular flexibility index (Phi) is 6.97. The predicted molar refractivity (Wildman–Crippen MR) is 133 cm³/mol. The number of likely N-dealkylation sites (tertiary alicyclic amines) is 1. The van der Waals surface area contributed by atoms with Crippen molar-refractivity contribution in [2.75, 3.05) is 50.7 Å². The Morgan fingerprint density at radius 3 is 2.71 bits per heavy atom. The summed E-state index contributed by atoms with van der Waals surface area (Å²) >= 11 is 5.92. The summed E-state index contributed by atoms with van der Waals surface area (Å²) in [4.78, 5) is 24.5. The zero-order valence-corrected chi connectivity index (χ0v) is 20.5. The number of piperazine rings is 1. The number of benzene rings is 1. The van der Waals surface area contributed by atoms with E-state index in [-0.39, 0.29) is 10.9 Å². The van der Waals surface area contributed by atoms with Crippen LogP contribution in [-0.4, -0.2) is 81.5 Å². The second-order valence-electron chi connectivity index (χ2n) is 9.27. The summed E-state index contributed by atoms with van der Waals surface area (Å²) in [5.41, 5.74) is 1.52. The molecule has 2 saturated heterocycles. The molecule has 1 atom stereocenters. The normalized spacial score (nSPS) is 19.2. The molecule has 5 rings (SSSR count). The van der Waals surface area contributed by atoms with E-state index in [9.17, 15) is 9.18 Å². The molecule has 0 radical (unpaired) electrons. The van der Waals surface area contributed by atoms with Crippen molar-refractivity contribution in [1.82, 2.24) is 29.8 Å². The average molecular weight is 498 g/mol. The van der Waals surface area contributed by atoms with Crippen LogP contribution in [0.5, 0.6) is 0 Å². The van der Waals surface area contributed by atoms with E-state index in [2.05, 4.69) is 31.2 Å². The largest absolute Gasteiger partial charge is 0.354 e. The highest BCUT2D eigenvalue weighted by atomic mass is 35.5. The number of carbonyl (C=O) groups is 1. The van der Waals surface area contributed by atoms with E-state index in [1.54, 1.807) is 13.0 Å². The van der Waals surface area contributed by atoms with Gasteiger partial charge in [-0.05, 0) is 56.0 Å². The van der Waals surface area contributed by atoms with Gasteiger partial charge in [0.15, 0.2) is 5.69 Å². The molecule has 4 heterocycles. The highest BCUT2D eigenvalue weighted by Crippen LogP contribution is 2.23. The van der Waals surface area contributed by atoms with Gasteiger partial charge in [-0.1, -0.05) is 22.9 Å². The van der Waals surface area contributed by atoms with Crippen molar-refractivity contribution in [2.24, 2.45) is 5.92 Å². The van der Waals surface area contributed by atoms with Gasteiger partial charge in [-0.2, -0.15) is 0 Å². The molecule has 2 fully saturated rings. The summed E-state index contributed by atoms with van der Waals surface area (Å²) in [6, 6.07) is 10.4. The molecule has 3 aromatic rings. The van der Waals surface area contributed by atoms with E-state index >= 15 is 0 Å². The van der Waals surface area contributed by atoms with Crippen LogP contribution in [0.2, 0.25) is 5.02 Å². The van der Waals surface area contributed by atoms with Crippen LogP contribution in [-0.2, 0) is 0 Å². The topological polar surface area (TPSA) is 70.4 Å². The van der Waals surface area contributed by atoms with Crippen LogP contribution in [0.1, 0.15) is 29.0 Å². The third kappa shape index (κ3) is 5.16. The number of aromatic nitrogens is 4. The van der Waals surface area contributed by atoms with E-state index in [4.69, 9.17) is 11.6 Å². The van der Waals surface area contributed by atoms with E-state index < -0.39 is 5.82 Å². The third-order valence-electron chi connectivity index (χ3n) is 6.91. The van der Waals surface area contributed by atoms with Crippen molar-refractivity contribution >= 4 is 23.3 Å². The quantitative estimate of drug-likeness (QED) is 0.538. The van der Waals surface area contributed by atoms with Gasteiger partial charge >= 0.3 is 0 Å². The number of piperidine rings is 1. The Morgan fingerprint density at radius 1 is 1.14 bits per heavy atom. The first-order chi connectivity index (χ1) is 17.0. The lowest BCUT2D eigenvalue weighted by atomic mass is 9.96. The number of carbonyl (C=O) groups excluding carboxylic acids is 1. The highest BCUT2D eigenvalue weighted by Gasteiger charge is 2.30. The fourth-order valence-corrected chi connectivity index (χ4v) is 5.18. The summed E-state index contributed by atoms with van der Waals surface area (Å²) in [7, 11) is 0. The van der Waals surface area contributed by atoms with Gasteiger partial charge in [-0.25, -0.2) is 14.1 Å². The summed E-state index contributed by atoms with van der Waals surface area (Å²) < 4.78 is 15.1. The van der Waals surface area contributed by atoms with Crippen molar-refractivity contribution < 1.29 is 9.18 Å². The first-order valence-electron chi connectivity index (χ1n) is 12.0. The standard InChI is InChI=1S/C25H29ClFN7O/c1-18-24(29-30-34(18)20-7-8-22(27)21(26)15-20)25(35)33-10-4-5-19(17-33)16-31-11-13-32(14-12-31)23-6-2-3-9-28-23/h2-3,6-9,15,19H,4-5,10-14,16-17H2,1H3. The Morgan fingerprint density at radius 2 is 1.97 bits per heavy atom. The molecule has 0 aliphatic carbocycles. The van der Waals surface area contributed by atoms with Gasteiger partial charge in [-0.15, -0.1) is 5.10 Å². The Labute approximate surface area is 209 Å². The van der Waals surface area contributed by atoms with Gasteiger partial charge in [0.2, 0.25) is 0 Å². The molecule has 35 heavy (non-hydrogen) atoms. The molecule has 184 valence electrons. The van der Waals surface area contributed by atoms with Crippen LogP contribution in [0.15, 0.2) is 42.6 Å². The highest BCUT2D eigenvalue weighted by molar-refractivity contribution is 6.30. The summed E-state index contributed by atoms with van der Waals surface area (Å²) in [5, 5.41) is 8.30. The van der Waals surface area contributed by atoms with Gasteiger partial charge in [0.25, 0.3) is 5.91 Å². The number of halogens is 2. The van der Waals surface area contributed by atoms with Crippen molar-refractivity contribution in [3.8, 4) is 5.69 Å². The molecule has 8 nitrogen and oxygen atoms in total. The lowest BCUT2D eigenvalue weighted by Crippen LogP contribution is -2.50. The zero-order chi connectivity index (χ0) is 24.4. The minimum Gasteiger partial charge on any atom is -0.354 e. The fraction of sp³-hybridized carbons (Fsp3) is 0.440. The number of hydrogen-bond donors (Lipinski definition) is 0.